The van der Waals surface area contributed by atoms with E-state index >= 15 is 0 Å². The molecule has 3 nitrogen and oxygen atoms in total. The fraction of sp³-hybridized carbons (Fsp3) is 0.250. The van der Waals surface area contributed by atoms with Crippen LogP contribution in [-0.4, -0.2) is 17.1 Å². The van der Waals surface area contributed by atoms with Gasteiger partial charge in [0.05, 0.1) is 11.7 Å². The monoisotopic (exact) mass is 289 g/mol. The molecular weight excluding hydrogens is 274 g/mol. The van der Waals surface area contributed by atoms with E-state index < -0.39 is 0 Å². The molecule has 4 heteroatoms. The highest BCUT2D eigenvalue weighted by Gasteiger charge is 2.08. The summed E-state index contributed by atoms with van der Waals surface area (Å²) in [6.07, 6.45) is 2.40. The first kappa shape index (κ1) is 14.5. The smallest absolute Gasteiger partial charge is 0.338 e. The van der Waals surface area contributed by atoms with Crippen LogP contribution in [0.2, 0.25) is 5.15 Å². The maximum Gasteiger partial charge on any atom is 0.338 e. The average molecular weight is 290 g/mol. The quantitative estimate of drug-likeness (QED) is 0.633. The van der Waals surface area contributed by atoms with Crippen molar-refractivity contribution in [3.8, 4) is 0 Å². The van der Waals surface area contributed by atoms with Crippen molar-refractivity contribution in [3.05, 3.63) is 64.4 Å². The number of aromatic nitrogens is 1. The lowest BCUT2D eigenvalue weighted by Gasteiger charge is -2.08. The number of rotatable bonds is 4. The molecular formula is C16H16ClNO2. The van der Waals surface area contributed by atoms with Crippen LogP contribution in [0.25, 0.3) is 0 Å². The number of hydrogen-bond donors (Lipinski definition) is 0. The molecule has 0 aliphatic carbocycles. The second-order valence-electron chi connectivity index (χ2n) is 4.82. The Kier molecular flexibility index (Phi) is 4.74. The summed E-state index contributed by atoms with van der Waals surface area (Å²) in [5.41, 5.74) is 2.75. The number of carbonyl (C=O) groups excluding carboxylic acids is 1. The third kappa shape index (κ3) is 4.07. The highest BCUT2D eigenvalue weighted by atomic mass is 35.5. The average Bonchev–Trinajstić information content (AvgIpc) is 2.41. The summed E-state index contributed by atoms with van der Waals surface area (Å²) in [6.45, 7) is 3.67. The standard InChI is InChI=1S/C16H16ClNO2/c1-11(2)20-16(19)14-6-3-12(4-7-14)9-13-5-8-15(17)18-10-13/h3-8,10-11H,9H2,1-2H3. The molecule has 1 aromatic carbocycles. The summed E-state index contributed by atoms with van der Waals surface area (Å²) in [4.78, 5) is 15.8. The van der Waals surface area contributed by atoms with Crippen molar-refractivity contribution in [2.24, 2.45) is 0 Å². The normalized spacial score (nSPS) is 10.6. The number of ether oxygens (including phenoxy) is 1. The van der Waals surface area contributed by atoms with Gasteiger partial charge < -0.3 is 4.74 Å². The van der Waals surface area contributed by atoms with E-state index in [-0.39, 0.29) is 12.1 Å². The third-order valence-corrected chi connectivity index (χ3v) is 2.95. The first-order valence-electron chi connectivity index (χ1n) is 6.45. The zero-order valence-corrected chi connectivity index (χ0v) is 12.2. The van der Waals surface area contributed by atoms with E-state index in [2.05, 4.69) is 4.98 Å². The van der Waals surface area contributed by atoms with Gasteiger partial charge in [-0.2, -0.15) is 0 Å². The Morgan fingerprint density at radius 1 is 1.15 bits per heavy atom. The Morgan fingerprint density at radius 3 is 2.35 bits per heavy atom. The fourth-order valence-corrected chi connectivity index (χ4v) is 1.90. The summed E-state index contributed by atoms with van der Waals surface area (Å²) >= 11 is 5.75. The number of benzene rings is 1. The Morgan fingerprint density at radius 2 is 1.80 bits per heavy atom. The van der Waals surface area contributed by atoms with Crippen LogP contribution in [-0.2, 0) is 11.2 Å². The Bertz CT molecular complexity index is 576. The van der Waals surface area contributed by atoms with Crippen molar-refractivity contribution in [1.29, 1.82) is 0 Å². The molecule has 0 aliphatic heterocycles. The maximum absolute atomic E-state index is 11.7. The highest BCUT2D eigenvalue weighted by Crippen LogP contribution is 2.13. The van der Waals surface area contributed by atoms with Gasteiger partial charge >= 0.3 is 5.97 Å². The molecule has 0 saturated heterocycles. The molecule has 0 N–H and O–H groups in total. The van der Waals surface area contributed by atoms with Crippen molar-refractivity contribution in [2.45, 2.75) is 26.4 Å². The van der Waals surface area contributed by atoms with E-state index in [0.29, 0.717) is 10.7 Å². The summed E-state index contributed by atoms with van der Waals surface area (Å²) in [5, 5.41) is 0.487. The van der Waals surface area contributed by atoms with Crippen LogP contribution < -0.4 is 0 Å². The molecule has 2 aromatic rings. The van der Waals surface area contributed by atoms with Crippen molar-refractivity contribution < 1.29 is 9.53 Å². The molecule has 0 aliphatic rings. The summed E-state index contributed by atoms with van der Waals surface area (Å²) in [7, 11) is 0. The third-order valence-electron chi connectivity index (χ3n) is 2.73. The topological polar surface area (TPSA) is 39.2 Å². The summed E-state index contributed by atoms with van der Waals surface area (Å²) < 4.78 is 5.14. The molecule has 2 rings (SSSR count). The molecule has 0 radical (unpaired) electrons. The molecule has 20 heavy (non-hydrogen) atoms. The summed E-state index contributed by atoms with van der Waals surface area (Å²) in [5.74, 6) is -0.292. The van der Waals surface area contributed by atoms with Gasteiger partial charge in [0.15, 0.2) is 0 Å². The largest absolute Gasteiger partial charge is 0.459 e. The number of hydrogen-bond acceptors (Lipinski definition) is 3. The van der Waals surface area contributed by atoms with Crippen LogP contribution in [0.1, 0.15) is 35.3 Å². The molecule has 0 atom stereocenters. The molecule has 0 spiro atoms. The second kappa shape index (κ2) is 6.53. The minimum Gasteiger partial charge on any atom is -0.459 e. The van der Waals surface area contributed by atoms with Crippen LogP contribution in [0.4, 0.5) is 0 Å². The van der Waals surface area contributed by atoms with Gasteiger partial charge in [-0.05, 0) is 49.6 Å². The van der Waals surface area contributed by atoms with Crippen LogP contribution in [0.3, 0.4) is 0 Å². The molecule has 0 fully saturated rings. The van der Waals surface area contributed by atoms with Crippen molar-refractivity contribution in [3.63, 3.8) is 0 Å². The van der Waals surface area contributed by atoms with Gasteiger partial charge in [0.25, 0.3) is 0 Å². The van der Waals surface area contributed by atoms with Crippen LogP contribution in [0.15, 0.2) is 42.6 Å². The lowest BCUT2D eigenvalue weighted by Crippen LogP contribution is -2.11. The number of pyridine rings is 1. The minimum atomic E-state index is -0.292. The number of carbonyl (C=O) groups is 1. The van der Waals surface area contributed by atoms with E-state index in [9.17, 15) is 4.79 Å². The summed E-state index contributed by atoms with van der Waals surface area (Å²) in [6, 6.07) is 11.1. The minimum absolute atomic E-state index is 0.109. The number of esters is 1. The van der Waals surface area contributed by atoms with Crippen molar-refractivity contribution in [1.82, 2.24) is 4.98 Å². The van der Waals surface area contributed by atoms with E-state index in [0.717, 1.165) is 17.5 Å². The van der Waals surface area contributed by atoms with E-state index in [4.69, 9.17) is 16.3 Å². The van der Waals surface area contributed by atoms with E-state index in [1.54, 1.807) is 24.4 Å². The van der Waals surface area contributed by atoms with Gasteiger partial charge in [0.2, 0.25) is 0 Å². The number of halogens is 1. The van der Waals surface area contributed by atoms with Crippen molar-refractivity contribution >= 4 is 17.6 Å². The Labute approximate surface area is 123 Å². The molecule has 0 amide bonds. The molecule has 104 valence electrons. The first-order chi connectivity index (χ1) is 9.54. The molecule has 0 saturated carbocycles. The van der Waals surface area contributed by atoms with Gasteiger partial charge in [-0.25, -0.2) is 9.78 Å². The van der Waals surface area contributed by atoms with Gasteiger partial charge in [0.1, 0.15) is 5.15 Å². The number of nitrogens with zero attached hydrogens (tertiary/aromatic N) is 1. The van der Waals surface area contributed by atoms with E-state index in [1.165, 1.54) is 0 Å². The highest BCUT2D eigenvalue weighted by molar-refractivity contribution is 6.29. The SMILES string of the molecule is CC(C)OC(=O)c1ccc(Cc2ccc(Cl)nc2)cc1. The molecule has 0 unspecified atom stereocenters. The Balaban J connectivity index is 2.04. The van der Waals surface area contributed by atoms with Crippen LogP contribution in [0, 0.1) is 0 Å². The second-order valence-corrected chi connectivity index (χ2v) is 5.20. The van der Waals surface area contributed by atoms with Crippen LogP contribution >= 0.6 is 11.6 Å². The first-order valence-corrected chi connectivity index (χ1v) is 6.83. The zero-order chi connectivity index (χ0) is 14.5. The maximum atomic E-state index is 11.7. The fourth-order valence-electron chi connectivity index (χ4n) is 1.79. The van der Waals surface area contributed by atoms with Crippen molar-refractivity contribution in [2.75, 3.05) is 0 Å². The lowest BCUT2D eigenvalue weighted by atomic mass is 10.0. The van der Waals surface area contributed by atoms with Crippen LogP contribution in [0.5, 0.6) is 0 Å². The van der Waals surface area contributed by atoms with Gasteiger partial charge in [0, 0.05) is 6.20 Å². The lowest BCUT2D eigenvalue weighted by molar-refractivity contribution is 0.0378. The molecule has 0 bridgehead atoms. The van der Waals surface area contributed by atoms with Gasteiger partial charge in [-0.1, -0.05) is 29.8 Å². The predicted molar refractivity (Wildman–Crippen MR) is 79.0 cm³/mol. The van der Waals surface area contributed by atoms with Gasteiger partial charge in [-0.15, -0.1) is 0 Å². The molecule has 1 aromatic heterocycles. The molecule has 1 heterocycles. The zero-order valence-electron chi connectivity index (χ0n) is 11.5. The van der Waals surface area contributed by atoms with Gasteiger partial charge in [-0.3, -0.25) is 0 Å². The van der Waals surface area contributed by atoms with E-state index in [1.807, 2.05) is 32.0 Å². The predicted octanol–water partition coefficient (Wildman–Crippen LogP) is 3.89. The Hall–Kier alpha value is -1.87.